The minimum absolute atomic E-state index is 0.0893. The summed E-state index contributed by atoms with van der Waals surface area (Å²) in [6.07, 6.45) is 3.27. The lowest BCUT2D eigenvalue weighted by Crippen LogP contribution is -2.54. The van der Waals surface area contributed by atoms with Gasteiger partial charge in [-0.25, -0.2) is 4.79 Å². The molecule has 0 aliphatic heterocycles. The summed E-state index contributed by atoms with van der Waals surface area (Å²) in [5.74, 6) is -1.37. The Morgan fingerprint density at radius 3 is 2.29 bits per heavy atom. The Hall–Kier alpha value is -3.10. The molecule has 3 amide bonds. The van der Waals surface area contributed by atoms with E-state index in [1.165, 1.54) is 12.0 Å². The SMILES string of the molecule is CCCCCCN(C(=O)C(CC(C)C)NC(=O)OC(C)(C)C)C(C(=O)NCC(=O)OC)c1cccc(C)c1. The second-order valence-electron chi connectivity index (χ2n) is 11.0. The number of carbonyl (C=O) groups is 4. The maximum absolute atomic E-state index is 14.1. The lowest BCUT2D eigenvalue weighted by molar-refractivity contribution is -0.145. The molecule has 2 N–H and O–H groups in total. The number of benzene rings is 1. The van der Waals surface area contributed by atoms with Crippen molar-refractivity contribution in [1.29, 1.82) is 0 Å². The Morgan fingerprint density at radius 2 is 1.74 bits per heavy atom. The highest BCUT2D eigenvalue weighted by atomic mass is 16.6. The molecule has 1 aromatic carbocycles. The molecule has 0 bridgehead atoms. The number of nitrogens with one attached hydrogen (secondary N) is 2. The van der Waals surface area contributed by atoms with Gasteiger partial charge in [-0.3, -0.25) is 14.4 Å². The van der Waals surface area contributed by atoms with E-state index in [9.17, 15) is 19.2 Å². The fraction of sp³-hybridized carbons (Fsp3) is 0.655. The molecule has 9 nitrogen and oxygen atoms in total. The topological polar surface area (TPSA) is 114 Å². The van der Waals surface area contributed by atoms with Gasteiger partial charge in [0.1, 0.15) is 24.2 Å². The molecule has 0 aliphatic rings. The summed E-state index contributed by atoms with van der Waals surface area (Å²) in [6, 6.07) is 5.50. The highest BCUT2D eigenvalue weighted by molar-refractivity contribution is 5.93. The summed E-state index contributed by atoms with van der Waals surface area (Å²) in [5, 5.41) is 5.37. The van der Waals surface area contributed by atoms with Crippen molar-refractivity contribution in [2.75, 3.05) is 20.2 Å². The first-order valence-electron chi connectivity index (χ1n) is 13.5. The lowest BCUT2D eigenvalue weighted by atomic mass is 9.98. The van der Waals surface area contributed by atoms with Crippen LogP contribution in [0.1, 0.15) is 90.8 Å². The van der Waals surface area contributed by atoms with Crippen molar-refractivity contribution in [2.45, 2.75) is 98.3 Å². The number of methoxy groups -OCH3 is 1. The van der Waals surface area contributed by atoms with Gasteiger partial charge in [0.25, 0.3) is 0 Å². The molecule has 0 saturated heterocycles. The number of hydrogen-bond donors (Lipinski definition) is 2. The third-order valence-electron chi connectivity index (χ3n) is 5.78. The summed E-state index contributed by atoms with van der Waals surface area (Å²) in [6.45, 7) is 13.2. The number of esters is 1. The molecule has 9 heteroatoms. The second kappa shape index (κ2) is 16.0. The van der Waals surface area contributed by atoms with E-state index in [-0.39, 0.29) is 18.4 Å². The maximum atomic E-state index is 14.1. The Kier molecular flexibility index (Phi) is 13.9. The van der Waals surface area contributed by atoms with E-state index in [0.29, 0.717) is 24.9 Å². The van der Waals surface area contributed by atoms with Crippen LogP contribution in [0.2, 0.25) is 0 Å². The van der Waals surface area contributed by atoms with E-state index in [1.54, 1.807) is 26.8 Å². The molecule has 38 heavy (non-hydrogen) atoms. The van der Waals surface area contributed by atoms with Gasteiger partial charge in [0.05, 0.1) is 7.11 Å². The fourth-order valence-electron chi connectivity index (χ4n) is 4.06. The van der Waals surface area contributed by atoms with Gasteiger partial charge >= 0.3 is 12.1 Å². The lowest BCUT2D eigenvalue weighted by Gasteiger charge is -2.35. The highest BCUT2D eigenvalue weighted by Crippen LogP contribution is 2.25. The van der Waals surface area contributed by atoms with E-state index in [0.717, 1.165) is 24.8 Å². The molecular formula is C29H47N3O6. The van der Waals surface area contributed by atoms with Crippen molar-refractivity contribution in [2.24, 2.45) is 5.92 Å². The number of alkyl carbamates (subject to hydrolysis) is 1. The molecule has 2 atom stereocenters. The number of ether oxygens (including phenoxy) is 2. The summed E-state index contributed by atoms with van der Waals surface area (Å²) < 4.78 is 10.1. The molecule has 1 rings (SSSR count). The van der Waals surface area contributed by atoms with Gasteiger partial charge in [-0.05, 0) is 52.0 Å². The minimum Gasteiger partial charge on any atom is -0.468 e. The molecule has 0 radical (unpaired) electrons. The number of rotatable bonds is 14. The van der Waals surface area contributed by atoms with Crippen LogP contribution < -0.4 is 10.6 Å². The zero-order chi connectivity index (χ0) is 28.9. The van der Waals surface area contributed by atoms with Gasteiger partial charge in [0, 0.05) is 6.54 Å². The van der Waals surface area contributed by atoms with Crippen LogP contribution in [0.3, 0.4) is 0 Å². The summed E-state index contributed by atoms with van der Waals surface area (Å²) in [4.78, 5) is 53.6. The zero-order valence-corrected chi connectivity index (χ0v) is 24.4. The number of unbranched alkanes of at least 4 members (excludes halogenated alkanes) is 3. The van der Waals surface area contributed by atoms with Crippen LogP contribution >= 0.6 is 0 Å². The highest BCUT2D eigenvalue weighted by Gasteiger charge is 2.36. The number of amides is 3. The summed E-state index contributed by atoms with van der Waals surface area (Å²) >= 11 is 0. The quantitative estimate of drug-likeness (QED) is 0.265. The van der Waals surface area contributed by atoms with Crippen LogP contribution in [0.4, 0.5) is 4.79 Å². The number of carbonyl (C=O) groups excluding carboxylic acids is 4. The first-order valence-corrected chi connectivity index (χ1v) is 13.5. The van der Waals surface area contributed by atoms with Crippen LogP contribution in [0.15, 0.2) is 24.3 Å². The Balaban J connectivity index is 3.48. The van der Waals surface area contributed by atoms with Crippen LogP contribution in [0.5, 0.6) is 0 Å². The normalized spacial score (nSPS) is 12.9. The van der Waals surface area contributed by atoms with Crippen molar-refractivity contribution in [1.82, 2.24) is 15.5 Å². The predicted octanol–water partition coefficient (Wildman–Crippen LogP) is 4.67. The molecule has 1 aromatic rings. The van der Waals surface area contributed by atoms with Crippen molar-refractivity contribution in [3.8, 4) is 0 Å². The number of hydrogen-bond acceptors (Lipinski definition) is 6. The largest absolute Gasteiger partial charge is 0.468 e. The minimum atomic E-state index is -0.996. The van der Waals surface area contributed by atoms with Crippen molar-refractivity contribution < 1.29 is 28.7 Å². The molecule has 0 spiro atoms. The van der Waals surface area contributed by atoms with Gasteiger partial charge in [0.15, 0.2) is 0 Å². The fourth-order valence-corrected chi connectivity index (χ4v) is 4.06. The van der Waals surface area contributed by atoms with Gasteiger partial charge in [-0.1, -0.05) is 69.9 Å². The smallest absolute Gasteiger partial charge is 0.408 e. The molecule has 0 aromatic heterocycles. The first-order chi connectivity index (χ1) is 17.8. The van der Waals surface area contributed by atoms with Crippen molar-refractivity contribution >= 4 is 23.9 Å². The van der Waals surface area contributed by atoms with E-state index in [2.05, 4.69) is 22.3 Å². The number of nitrogens with zero attached hydrogens (tertiary/aromatic N) is 1. The average Bonchev–Trinajstić information content (AvgIpc) is 2.81. The van der Waals surface area contributed by atoms with Gasteiger partial charge in [-0.15, -0.1) is 0 Å². The average molecular weight is 534 g/mol. The Labute approximate surface area is 228 Å². The molecule has 0 heterocycles. The van der Waals surface area contributed by atoms with E-state index >= 15 is 0 Å². The first kappa shape index (κ1) is 32.9. The van der Waals surface area contributed by atoms with E-state index < -0.39 is 35.7 Å². The molecule has 2 unspecified atom stereocenters. The van der Waals surface area contributed by atoms with E-state index in [1.807, 2.05) is 39.0 Å². The van der Waals surface area contributed by atoms with Gasteiger partial charge < -0.3 is 25.0 Å². The Morgan fingerprint density at radius 1 is 1.05 bits per heavy atom. The predicted molar refractivity (Wildman–Crippen MR) is 147 cm³/mol. The maximum Gasteiger partial charge on any atom is 0.408 e. The monoisotopic (exact) mass is 533 g/mol. The third kappa shape index (κ3) is 12.0. The molecule has 0 saturated carbocycles. The van der Waals surface area contributed by atoms with Gasteiger partial charge in [-0.2, -0.15) is 0 Å². The molecule has 0 fully saturated rings. The molecule has 0 aliphatic carbocycles. The standard InChI is InChI=1S/C29H47N3O6/c1-9-10-11-12-16-32(27(35)23(17-20(2)3)31-28(36)38-29(5,6)7)25(22-15-13-14-21(4)18-22)26(34)30-19-24(33)37-8/h13-15,18,20,23,25H,9-12,16-17,19H2,1-8H3,(H,30,34)(H,31,36). The van der Waals surface area contributed by atoms with Gasteiger partial charge in [0.2, 0.25) is 11.8 Å². The molecular weight excluding hydrogens is 486 g/mol. The van der Waals surface area contributed by atoms with Crippen LogP contribution in [-0.2, 0) is 23.9 Å². The Bertz CT molecular complexity index is 925. The van der Waals surface area contributed by atoms with Crippen LogP contribution in [0.25, 0.3) is 0 Å². The third-order valence-corrected chi connectivity index (χ3v) is 5.78. The second-order valence-corrected chi connectivity index (χ2v) is 11.0. The summed E-state index contributed by atoms with van der Waals surface area (Å²) in [7, 11) is 1.24. The zero-order valence-electron chi connectivity index (χ0n) is 24.4. The van der Waals surface area contributed by atoms with Crippen molar-refractivity contribution in [3.63, 3.8) is 0 Å². The number of aryl methyl sites for hydroxylation is 1. The summed E-state index contributed by atoms with van der Waals surface area (Å²) in [5.41, 5.74) is 0.821. The van der Waals surface area contributed by atoms with Crippen molar-refractivity contribution in [3.05, 3.63) is 35.4 Å². The van der Waals surface area contributed by atoms with Crippen LogP contribution in [-0.4, -0.2) is 60.6 Å². The van der Waals surface area contributed by atoms with Crippen LogP contribution in [0, 0.1) is 12.8 Å². The molecule has 214 valence electrons. The van der Waals surface area contributed by atoms with E-state index in [4.69, 9.17) is 4.74 Å².